The van der Waals surface area contributed by atoms with Gasteiger partial charge in [0.05, 0.1) is 0 Å². The molecule has 0 saturated carbocycles. The van der Waals surface area contributed by atoms with Crippen LogP contribution in [0.15, 0.2) is 11.1 Å². The van der Waals surface area contributed by atoms with Gasteiger partial charge in [0.25, 0.3) is 0 Å². The normalized spacial score (nSPS) is 9.77. The lowest BCUT2D eigenvalue weighted by molar-refractivity contribution is 1.03. The van der Waals surface area contributed by atoms with E-state index in [2.05, 4.69) is 42.8 Å². The van der Waals surface area contributed by atoms with Crippen LogP contribution < -0.4 is 5.32 Å². The van der Waals surface area contributed by atoms with E-state index in [1.807, 2.05) is 0 Å². The highest BCUT2D eigenvalue weighted by atomic mass is 79.9. The summed E-state index contributed by atoms with van der Waals surface area (Å²) in [4.78, 5) is 11.2. The summed E-state index contributed by atoms with van der Waals surface area (Å²) in [7, 11) is 0. The van der Waals surface area contributed by atoms with Crippen molar-refractivity contribution < 1.29 is 0 Å². The van der Waals surface area contributed by atoms with E-state index in [0.29, 0.717) is 12.5 Å². The Bertz CT molecular complexity index is 310. The summed E-state index contributed by atoms with van der Waals surface area (Å²) < 4.78 is 0.778. The molecule has 1 heterocycles. The molecule has 0 aliphatic heterocycles. The number of rotatable bonds is 3. The first-order chi connectivity index (χ1) is 6.08. The third-order valence-corrected chi connectivity index (χ3v) is 1.64. The topological polar surface area (TPSA) is 50.7 Å². The summed E-state index contributed by atoms with van der Waals surface area (Å²) in [5, 5.41) is 2.96. The molecule has 0 aromatic carbocycles. The van der Waals surface area contributed by atoms with E-state index in [1.165, 1.54) is 0 Å². The van der Waals surface area contributed by atoms with E-state index < -0.39 is 0 Å². The first kappa shape index (κ1) is 10.7. The molecule has 70 valence electrons. The molecule has 0 unspecified atom stereocenters. The van der Waals surface area contributed by atoms with Crippen molar-refractivity contribution in [2.75, 3.05) is 11.9 Å². The number of hydrogen-bond donors (Lipinski definition) is 1. The Kier molecular flexibility index (Phi) is 3.90. The van der Waals surface area contributed by atoms with Crippen LogP contribution in [-0.4, -0.2) is 21.5 Å². The molecular weight excluding hydrogens is 279 g/mol. The van der Waals surface area contributed by atoms with Crippen LogP contribution in [0.3, 0.4) is 0 Å². The molecule has 0 aliphatic rings. The summed E-state index contributed by atoms with van der Waals surface area (Å²) in [5.74, 6) is 0.325. The molecule has 1 rings (SSSR count). The van der Waals surface area contributed by atoms with Crippen LogP contribution in [0.2, 0.25) is 10.6 Å². The van der Waals surface area contributed by atoms with Crippen molar-refractivity contribution in [3.05, 3.63) is 21.6 Å². The minimum atomic E-state index is 0.0580. The Hall–Kier alpha value is -0.390. The monoisotopic (exact) mass is 282 g/mol. The van der Waals surface area contributed by atoms with Gasteiger partial charge in [0.1, 0.15) is 0 Å². The van der Waals surface area contributed by atoms with Crippen LogP contribution in [0.1, 0.15) is 0 Å². The first-order valence-electron chi connectivity index (χ1n) is 3.22. The van der Waals surface area contributed by atoms with E-state index in [1.54, 1.807) is 0 Å². The summed E-state index contributed by atoms with van der Waals surface area (Å²) in [5.41, 5.74) is 0. The van der Waals surface area contributed by atoms with E-state index in [9.17, 15) is 0 Å². The molecular formula is C6H5BrCl2N4. The molecule has 0 fully saturated rings. The molecule has 0 amide bonds. The van der Waals surface area contributed by atoms with Gasteiger partial charge in [0, 0.05) is 11.0 Å². The summed E-state index contributed by atoms with van der Waals surface area (Å²) in [6.45, 7) is 4.13. The molecule has 1 aromatic rings. The van der Waals surface area contributed by atoms with E-state index in [4.69, 9.17) is 23.2 Å². The average molecular weight is 284 g/mol. The fraction of sp³-hybridized carbons (Fsp3) is 0.167. The number of halogens is 3. The van der Waals surface area contributed by atoms with Crippen molar-refractivity contribution >= 4 is 45.1 Å². The second kappa shape index (κ2) is 4.74. The molecule has 0 atom stereocenters. The lowest BCUT2D eigenvalue weighted by atomic mass is 10.6. The number of aromatic nitrogens is 3. The van der Waals surface area contributed by atoms with Gasteiger partial charge in [-0.25, -0.2) is 0 Å². The standard InChI is InChI=1S/C6H5BrCl2N4/c1-3(7)2-10-6-12-4(8)11-5(9)13-6/h1-2H2,(H,10,11,12,13). The van der Waals surface area contributed by atoms with Gasteiger partial charge in [-0.05, 0) is 23.2 Å². The van der Waals surface area contributed by atoms with Crippen molar-refractivity contribution in [3.63, 3.8) is 0 Å². The fourth-order valence-corrected chi connectivity index (χ4v) is 1.08. The zero-order valence-corrected chi connectivity index (χ0v) is 9.49. The first-order valence-corrected chi connectivity index (χ1v) is 4.77. The van der Waals surface area contributed by atoms with Gasteiger partial charge in [-0.3, -0.25) is 0 Å². The van der Waals surface area contributed by atoms with Gasteiger partial charge >= 0.3 is 0 Å². The highest BCUT2D eigenvalue weighted by molar-refractivity contribution is 9.11. The molecule has 0 spiro atoms. The Morgan fingerprint density at radius 3 is 2.31 bits per heavy atom. The van der Waals surface area contributed by atoms with Crippen molar-refractivity contribution in [2.24, 2.45) is 0 Å². The zero-order chi connectivity index (χ0) is 9.84. The van der Waals surface area contributed by atoms with Gasteiger partial charge in [0.15, 0.2) is 0 Å². The largest absolute Gasteiger partial charge is 0.349 e. The zero-order valence-electron chi connectivity index (χ0n) is 6.39. The molecule has 1 N–H and O–H groups in total. The Morgan fingerprint density at radius 1 is 1.31 bits per heavy atom. The lowest BCUT2D eigenvalue weighted by Gasteiger charge is -2.02. The van der Waals surface area contributed by atoms with Crippen LogP contribution in [0.25, 0.3) is 0 Å². The molecule has 13 heavy (non-hydrogen) atoms. The molecule has 0 aliphatic carbocycles. The molecule has 4 nitrogen and oxygen atoms in total. The van der Waals surface area contributed by atoms with Crippen LogP contribution in [0.4, 0.5) is 5.95 Å². The Morgan fingerprint density at radius 2 is 1.85 bits per heavy atom. The lowest BCUT2D eigenvalue weighted by Crippen LogP contribution is -2.05. The molecule has 1 aromatic heterocycles. The Labute approximate surface area is 93.5 Å². The number of anilines is 1. The maximum absolute atomic E-state index is 5.54. The van der Waals surface area contributed by atoms with Gasteiger partial charge in [-0.1, -0.05) is 22.5 Å². The van der Waals surface area contributed by atoms with Crippen molar-refractivity contribution in [2.45, 2.75) is 0 Å². The molecule has 0 saturated heterocycles. The summed E-state index contributed by atoms with van der Waals surface area (Å²) >= 11 is 14.3. The van der Waals surface area contributed by atoms with Gasteiger partial charge < -0.3 is 5.32 Å². The summed E-state index contributed by atoms with van der Waals surface area (Å²) in [6.07, 6.45) is 0. The van der Waals surface area contributed by atoms with Crippen molar-refractivity contribution in [1.82, 2.24) is 15.0 Å². The highest BCUT2D eigenvalue weighted by Crippen LogP contribution is 2.10. The molecule has 7 heteroatoms. The quantitative estimate of drug-likeness (QED) is 0.926. The van der Waals surface area contributed by atoms with Gasteiger partial charge in [-0.2, -0.15) is 15.0 Å². The minimum absolute atomic E-state index is 0.0580. The SMILES string of the molecule is C=C(Br)CNc1nc(Cl)nc(Cl)n1. The number of nitrogens with zero attached hydrogens (tertiary/aromatic N) is 3. The van der Waals surface area contributed by atoms with Crippen LogP contribution >= 0.6 is 39.1 Å². The number of nitrogens with one attached hydrogen (secondary N) is 1. The number of hydrogen-bond acceptors (Lipinski definition) is 4. The molecule has 0 bridgehead atoms. The fourth-order valence-electron chi connectivity index (χ4n) is 0.580. The average Bonchev–Trinajstić information content (AvgIpc) is 1.99. The predicted molar refractivity (Wildman–Crippen MR) is 56.4 cm³/mol. The van der Waals surface area contributed by atoms with E-state index in [-0.39, 0.29) is 10.6 Å². The van der Waals surface area contributed by atoms with Gasteiger partial charge in [-0.15, -0.1) is 0 Å². The smallest absolute Gasteiger partial charge is 0.228 e. The van der Waals surface area contributed by atoms with Gasteiger partial charge in [0.2, 0.25) is 16.5 Å². The predicted octanol–water partition coefficient (Wildman–Crippen LogP) is 2.50. The van der Waals surface area contributed by atoms with E-state index >= 15 is 0 Å². The third-order valence-electron chi connectivity index (χ3n) is 1.02. The minimum Gasteiger partial charge on any atom is -0.349 e. The van der Waals surface area contributed by atoms with Crippen molar-refractivity contribution in [1.29, 1.82) is 0 Å². The van der Waals surface area contributed by atoms with Crippen molar-refractivity contribution in [3.8, 4) is 0 Å². The second-order valence-corrected chi connectivity index (χ2v) is 3.87. The second-order valence-electron chi connectivity index (χ2n) is 2.07. The molecule has 0 radical (unpaired) electrons. The third kappa shape index (κ3) is 3.89. The maximum atomic E-state index is 5.54. The maximum Gasteiger partial charge on any atom is 0.228 e. The Balaban J connectivity index is 2.71. The highest BCUT2D eigenvalue weighted by Gasteiger charge is 2.01. The van der Waals surface area contributed by atoms with E-state index in [0.717, 1.165) is 4.48 Å². The van der Waals surface area contributed by atoms with Crippen LogP contribution in [-0.2, 0) is 0 Å². The van der Waals surface area contributed by atoms with Crippen LogP contribution in [0.5, 0.6) is 0 Å². The summed E-state index contributed by atoms with van der Waals surface area (Å²) in [6, 6.07) is 0. The van der Waals surface area contributed by atoms with Crippen LogP contribution in [0, 0.1) is 0 Å².